The number of pyridine rings is 1. The second-order valence-electron chi connectivity index (χ2n) is 12.3. The number of nitrogen functional groups attached to an aromatic ring is 1. The quantitative estimate of drug-likeness (QED) is 0.214. The van der Waals surface area contributed by atoms with E-state index in [-0.39, 0.29) is 88.0 Å². The van der Waals surface area contributed by atoms with Crippen molar-refractivity contribution in [2.24, 2.45) is 0 Å². The average molecular weight is 681 g/mol. The number of halogens is 3. The van der Waals surface area contributed by atoms with E-state index in [0.29, 0.717) is 11.4 Å². The van der Waals surface area contributed by atoms with Gasteiger partial charge in [0.2, 0.25) is 5.91 Å². The lowest BCUT2D eigenvalue weighted by molar-refractivity contribution is -0.126. The molecule has 0 bridgehead atoms. The average Bonchev–Trinajstić information content (AvgIpc) is 3.95. The lowest BCUT2D eigenvalue weighted by Crippen LogP contribution is -2.49. The number of sulfone groups is 1. The van der Waals surface area contributed by atoms with Gasteiger partial charge in [-0.25, -0.2) is 27.2 Å². The van der Waals surface area contributed by atoms with Gasteiger partial charge in [-0.1, -0.05) is 24.2 Å². The molecule has 3 heterocycles. The molecule has 14 heteroatoms. The van der Waals surface area contributed by atoms with E-state index < -0.39 is 31.9 Å². The summed E-state index contributed by atoms with van der Waals surface area (Å²) in [7, 11) is -4.26. The highest BCUT2D eigenvalue weighted by molar-refractivity contribution is 7.90. The first-order valence-electron chi connectivity index (χ1n) is 15.3. The summed E-state index contributed by atoms with van der Waals surface area (Å²) in [6, 6.07) is 5.28. The fourth-order valence-electron chi connectivity index (χ4n) is 6.56. The lowest BCUT2D eigenvalue weighted by Gasteiger charge is -2.37. The second-order valence-corrected chi connectivity index (χ2v) is 14.7. The number of hydrogen-bond acceptors (Lipinski definition) is 8. The standard InChI is InChI=1S/C33H31ClF2N6O4S/c1-3-23(43)40-11-13-41(14-12-40)30-19-15-20(34)24(25-21(35)5-4-6-22(25)37)26(36)29(19)42(33(44)32(30)47(2,45)46)31-27(17-7-8-17)38-16-39-28(31)18-9-10-18/h3-6,15-18H,1,7-14,37H2,2H3. The molecule has 2 aromatic carbocycles. The van der Waals surface area contributed by atoms with Crippen LogP contribution in [0.15, 0.2) is 52.9 Å². The van der Waals surface area contributed by atoms with Crippen LogP contribution in [0.5, 0.6) is 0 Å². The SMILES string of the molecule is C=CC(=O)N1CCN(c2c(S(C)(=O)=O)c(=O)n(-c3c(C4CC4)ncnc3C3CC3)c3c(F)c(-c4c(N)cccc4F)c(Cl)cc23)CC1. The summed E-state index contributed by atoms with van der Waals surface area (Å²) >= 11 is 6.76. The van der Waals surface area contributed by atoms with Gasteiger partial charge in [0.15, 0.2) is 20.5 Å². The first-order chi connectivity index (χ1) is 22.4. The fraction of sp³-hybridized carbons (Fsp3) is 0.333. The number of anilines is 2. The van der Waals surface area contributed by atoms with Gasteiger partial charge in [-0.2, -0.15) is 0 Å². The smallest absolute Gasteiger partial charge is 0.276 e. The van der Waals surface area contributed by atoms with Crippen LogP contribution in [0.25, 0.3) is 27.7 Å². The van der Waals surface area contributed by atoms with Gasteiger partial charge in [0.1, 0.15) is 12.1 Å². The normalized spacial score (nSPS) is 16.9. The number of nitrogens with two attached hydrogens (primary N) is 1. The van der Waals surface area contributed by atoms with E-state index >= 15 is 8.78 Å². The summed E-state index contributed by atoms with van der Waals surface area (Å²) in [4.78, 5) is 38.9. The summed E-state index contributed by atoms with van der Waals surface area (Å²) in [6.45, 7) is 4.20. The maximum absolute atomic E-state index is 17.4. The lowest BCUT2D eigenvalue weighted by atomic mass is 9.98. The molecule has 1 amide bonds. The molecule has 4 aromatic rings. The third-order valence-electron chi connectivity index (χ3n) is 9.06. The molecule has 0 atom stereocenters. The number of aromatic nitrogens is 3. The molecule has 0 radical (unpaired) electrons. The molecule has 1 saturated heterocycles. The molecule has 3 fully saturated rings. The first kappa shape index (κ1) is 31.3. The zero-order valence-corrected chi connectivity index (χ0v) is 27.0. The number of piperazine rings is 1. The van der Waals surface area contributed by atoms with Gasteiger partial charge in [-0.3, -0.25) is 14.2 Å². The van der Waals surface area contributed by atoms with Gasteiger partial charge in [0.05, 0.1) is 33.3 Å². The number of nitrogens with zero attached hydrogens (tertiary/aromatic N) is 5. The molecule has 2 aromatic heterocycles. The Hall–Kier alpha value is -4.36. The first-order valence-corrected chi connectivity index (χ1v) is 17.6. The van der Waals surface area contributed by atoms with Gasteiger partial charge in [-0.05, 0) is 50.0 Å². The van der Waals surface area contributed by atoms with Gasteiger partial charge >= 0.3 is 0 Å². The van der Waals surface area contributed by atoms with Crippen molar-refractivity contribution in [2.45, 2.75) is 42.4 Å². The van der Waals surface area contributed by atoms with E-state index in [0.717, 1.165) is 42.6 Å². The molecule has 244 valence electrons. The van der Waals surface area contributed by atoms with Gasteiger partial charge in [0.25, 0.3) is 5.56 Å². The molecule has 3 aliphatic rings. The van der Waals surface area contributed by atoms with Crippen LogP contribution in [0.3, 0.4) is 0 Å². The van der Waals surface area contributed by atoms with Crippen LogP contribution in [0.2, 0.25) is 5.02 Å². The summed E-state index contributed by atoms with van der Waals surface area (Å²) in [5.74, 6) is -2.22. The topological polar surface area (TPSA) is 131 Å². The highest BCUT2D eigenvalue weighted by Crippen LogP contribution is 2.49. The van der Waals surface area contributed by atoms with Gasteiger partial charge in [-0.15, -0.1) is 0 Å². The van der Waals surface area contributed by atoms with Crippen LogP contribution in [-0.2, 0) is 14.6 Å². The molecule has 2 aliphatic carbocycles. The van der Waals surface area contributed by atoms with Gasteiger partial charge < -0.3 is 15.5 Å². The molecule has 1 aliphatic heterocycles. The molecule has 0 spiro atoms. The van der Waals surface area contributed by atoms with Crippen molar-refractivity contribution in [3.05, 3.63) is 81.6 Å². The van der Waals surface area contributed by atoms with E-state index in [1.165, 1.54) is 30.6 Å². The van der Waals surface area contributed by atoms with Crippen molar-refractivity contribution in [3.8, 4) is 16.8 Å². The summed E-state index contributed by atoms with van der Waals surface area (Å²) in [5, 5.41) is -0.200. The van der Waals surface area contributed by atoms with Crippen LogP contribution >= 0.6 is 11.6 Å². The Morgan fingerprint density at radius 1 is 1.02 bits per heavy atom. The van der Waals surface area contributed by atoms with Crippen molar-refractivity contribution in [2.75, 3.05) is 43.1 Å². The number of fused-ring (bicyclic) bond motifs is 1. The largest absolute Gasteiger partial charge is 0.398 e. The summed E-state index contributed by atoms with van der Waals surface area (Å²) < 4.78 is 61.1. The molecule has 0 unspecified atom stereocenters. The van der Waals surface area contributed by atoms with Crippen LogP contribution in [0.4, 0.5) is 20.2 Å². The monoisotopic (exact) mass is 680 g/mol. The molecule has 10 nitrogen and oxygen atoms in total. The third kappa shape index (κ3) is 5.25. The van der Waals surface area contributed by atoms with Crippen LogP contribution in [-0.4, -0.2) is 66.2 Å². The molecule has 2 saturated carbocycles. The van der Waals surface area contributed by atoms with Crippen LogP contribution in [0.1, 0.15) is 48.9 Å². The Balaban J connectivity index is 1.64. The van der Waals surface area contributed by atoms with Gasteiger partial charge in [0, 0.05) is 66.5 Å². The summed E-state index contributed by atoms with van der Waals surface area (Å²) in [5.41, 5.74) is 5.42. The molecule has 47 heavy (non-hydrogen) atoms. The van der Waals surface area contributed by atoms with Crippen LogP contribution < -0.4 is 16.2 Å². The predicted octanol–water partition coefficient (Wildman–Crippen LogP) is 4.95. The number of carbonyl (C=O) groups excluding carboxylic acids is 1. The van der Waals surface area contributed by atoms with Crippen molar-refractivity contribution in [1.82, 2.24) is 19.4 Å². The number of amides is 1. The molecular weight excluding hydrogens is 650 g/mol. The highest BCUT2D eigenvalue weighted by atomic mass is 35.5. The highest BCUT2D eigenvalue weighted by Gasteiger charge is 2.39. The molecular formula is C33H31ClF2N6O4S. The summed E-state index contributed by atoms with van der Waals surface area (Å²) in [6.07, 6.45) is 6.70. The van der Waals surface area contributed by atoms with E-state index in [4.69, 9.17) is 17.3 Å². The van der Waals surface area contributed by atoms with E-state index in [2.05, 4.69) is 16.5 Å². The maximum atomic E-state index is 17.4. The Morgan fingerprint density at radius 2 is 1.64 bits per heavy atom. The van der Waals surface area contributed by atoms with Crippen LogP contribution in [0, 0.1) is 11.6 Å². The zero-order chi connectivity index (χ0) is 33.4. The Bertz CT molecular complexity index is 2120. The van der Waals surface area contributed by atoms with Crippen molar-refractivity contribution in [1.29, 1.82) is 0 Å². The third-order valence-corrected chi connectivity index (χ3v) is 10.5. The Morgan fingerprint density at radius 3 is 2.17 bits per heavy atom. The minimum absolute atomic E-state index is 0.0265. The Labute approximate surface area is 274 Å². The minimum Gasteiger partial charge on any atom is -0.398 e. The van der Waals surface area contributed by atoms with E-state index in [1.807, 2.05) is 0 Å². The zero-order valence-electron chi connectivity index (χ0n) is 25.5. The van der Waals surface area contributed by atoms with Crippen molar-refractivity contribution in [3.63, 3.8) is 0 Å². The number of rotatable bonds is 7. The Kier molecular flexibility index (Phi) is 7.59. The molecule has 2 N–H and O–H groups in total. The van der Waals surface area contributed by atoms with E-state index in [9.17, 15) is 18.0 Å². The van der Waals surface area contributed by atoms with Crippen molar-refractivity contribution < 1.29 is 22.0 Å². The number of hydrogen-bond donors (Lipinski definition) is 1. The second kappa shape index (κ2) is 11.4. The number of carbonyl (C=O) groups is 1. The van der Waals surface area contributed by atoms with E-state index in [1.54, 1.807) is 9.80 Å². The number of benzene rings is 2. The fourth-order valence-corrected chi connectivity index (χ4v) is 7.84. The minimum atomic E-state index is -4.26. The predicted molar refractivity (Wildman–Crippen MR) is 176 cm³/mol. The van der Waals surface area contributed by atoms with Crippen molar-refractivity contribution >= 4 is 49.6 Å². The maximum Gasteiger partial charge on any atom is 0.276 e. The molecule has 7 rings (SSSR count).